The van der Waals surface area contributed by atoms with Gasteiger partial charge in [-0.25, -0.2) is 4.98 Å². The number of hydrogen-bond acceptors (Lipinski definition) is 4. The third kappa shape index (κ3) is 3.40. The molecule has 0 saturated carbocycles. The van der Waals surface area contributed by atoms with E-state index in [1.165, 1.54) is 30.7 Å². The van der Waals surface area contributed by atoms with Gasteiger partial charge in [0.15, 0.2) is 5.03 Å². The summed E-state index contributed by atoms with van der Waals surface area (Å²) in [6.45, 7) is 2.63. The van der Waals surface area contributed by atoms with Crippen LogP contribution in [-0.2, 0) is 16.6 Å². The summed E-state index contributed by atoms with van der Waals surface area (Å²) >= 11 is 5.89. The van der Waals surface area contributed by atoms with Crippen LogP contribution in [0, 0.1) is 0 Å². The third-order valence-electron chi connectivity index (χ3n) is 2.87. The summed E-state index contributed by atoms with van der Waals surface area (Å²) in [6.07, 6.45) is 3.70. The van der Waals surface area contributed by atoms with E-state index >= 15 is 0 Å². The van der Waals surface area contributed by atoms with Crippen molar-refractivity contribution >= 4 is 33.2 Å². The number of nitrogens with zero attached hydrogens (tertiary/aromatic N) is 2. The molecule has 7 nitrogen and oxygen atoms in total. The van der Waals surface area contributed by atoms with Crippen LogP contribution >= 0.6 is 11.6 Å². The smallest absolute Gasteiger partial charge is 0.280 e. The maximum Gasteiger partial charge on any atom is 0.280 e. The molecule has 1 aromatic carbocycles. The molecule has 0 unspecified atom stereocenters. The number of amides is 1. The Balaban J connectivity index is 2.36. The van der Waals surface area contributed by atoms with Gasteiger partial charge in [-0.3, -0.25) is 9.52 Å². The van der Waals surface area contributed by atoms with E-state index in [0.29, 0.717) is 6.54 Å². The van der Waals surface area contributed by atoms with Crippen molar-refractivity contribution in [1.82, 2.24) is 9.55 Å². The molecule has 0 saturated heterocycles. The topological polar surface area (TPSA) is 107 Å². The molecule has 3 N–H and O–H groups in total. The van der Waals surface area contributed by atoms with E-state index in [1.54, 1.807) is 4.57 Å². The molecule has 9 heteroatoms. The van der Waals surface area contributed by atoms with Crippen molar-refractivity contribution in [2.24, 2.45) is 5.73 Å². The van der Waals surface area contributed by atoms with Crippen LogP contribution in [-0.4, -0.2) is 23.9 Å². The summed E-state index contributed by atoms with van der Waals surface area (Å²) in [7, 11) is -3.93. The number of hydrogen-bond donors (Lipinski definition) is 2. The second-order valence-corrected chi connectivity index (χ2v) is 6.62. The van der Waals surface area contributed by atoms with Crippen LogP contribution in [0.15, 0.2) is 35.7 Å². The number of aromatic nitrogens is 2. The van der Waals surface area contributed by atoms with Crippen molar-refractivity contribution < 1.29 is 13.2 Å². The SMILES string of the molecule is CCCn1cnc(S(=O)(=O)Nc2cccc(Cl)c2C(N)=O)c1. The van der Waals surface area contributed by atoms with Gasteiger partial charge < -0.3 is 10.3 Å². The number of imidazole rings is 1. The van der Waals surface area contributed by atoms with Gasteiger partial charge in [0, 0.05) is 12.7 Å². The van der Waals surface area contributed by atoms with Crippen LogP contribution in [0.2, 0.25) is 5.02 Å². The fraction of sp³-hybridized carbons (Fsp3) is 0.231. The second-order valence-electron chi connectivity index (χ2n) is 4.58. The van der Waals surface area contributed by atoms with E-state index in [1.807, 2.05) is 6.92 Å². The van der Waals surface area contributed by atoms with Gasteiger partial charge in [-0.2, -0.15) is 8.42 Å². The maximum absolute atomic E-state index is 12.3. The number of primary amides is 1. The van der Waals surface area contributed by atoms with Crippen molar-refractivity contribution in [3.63, 3.8) is 0 Å². The Bertz CT molecular complexity index is 801. The van der Waals surface area contributed by atoms with Gasteiger partial charge in [-0.1, -0.05) is 24.6 Å². The molecule has 1 amide bonds. The van der Waals surface area contributed by atoms with Crippen LogP contribution in [0.5, 0.6) is 0 Å². The zero-order valence-corrected chi connectivity index (χ0v) is 13.4. The molecular formula is C13H15ClN4O3S. The molecule has 2 rings (SSSR count). The van der Waals surface area contributed by atoms with Gasteiger partial charge in [-0.05, 0) is 18.6 Å². The van der Waals surface area contributed by atoms with Crippen molar-refractivity contribution in [1.29, 1.82) is 0 Å². The van der Waals surface area contributed by atoms with E-state index in [0.717, 1.165) is 6.42 Å². The number of halogens is 1. The standard InChI is InChI=1S/C13H15ClN4O3S/c1-2-6-18-7-11(16-8-18)22(20,21)17-10-5-3-4-9(14)12(10)13(15)19/h3-5,7-8,17H,2,6H2,1H3,(H2,15,19). The Morgan fingerprint density at radius 3 is 2.82 bits per heavy atom. The first kappa shape index (κ1) is 16.3. The van der Waals surface area contributed by atoms with Gasteiger partial charge in [0.25, 0.3) is 15.9 Å². The molecule has 0 aliphatic carbocycles. The molecule has 0 aliphatic rings. The van der Waals surface area contributed by atoms with E-state index < -0.39 is 15.9 Å². The second kappa shape index (κ2) is 6.37. The first-order valence-electron chi connectivity index (χ1n) is 6.48. The summed E-state index contributed by atoms with van der Waals surface area (Å²) in [5.74, 6) is -0.820. The minimum Gasteiger partial charge on any atom is -0.365 e. The molecule has 0 bridgehead atoms. The van der Waals surface area contributed by atoms with Crippen LogP contribution in [0.3, 0.4) is 0 Å². The molecule has 1 aromatic heterocycles. The van der Waals surface area contributed by atoms with Crippen molar-refractivity contribution in [2.45, 2.75) is 24.9 Å². The largest absolute Gasteiger partial charge is 0.365 e. The number of anilines is 1. The highest BCUT2D eigenvalue weighted by molar-refractivity contribution is 7.92. The molecule has 22 heavy (non-hydrogen) atoms. The third-order valence-corrected chi connectivity index (χ3v) is 4.44. The van der Waals surface area contributed by atoms with E-state index in [9.17, 15) is 13.2 Å². The number of nitrogens with one attached hydrogen (secondary N) is 1. The summed E-state index contributed by atoms with van der Waals surface area (Å²) < 4.78 is 28.6. The lowest BCUT2D eigenvalue weighted by Crippen LogP contribution is -2.19. The molecule has 1 heterocycles. The lowest BCUT2D eigenvalue weighted by Gasteiger charge is -2.10. The molecular weight excluding hydrogens is 328 g/mol. The molecule has 0 atom stereocenters. The van der Waals surface area contributed by atoms with E-state index in [4.69, 9.17) is 17.3 Å². The van der Waals surface area contributed by atoms with E-state index in [-0.39, 0.29) is 21.3 Å². The number of nitrogens with two attached hydrogens (primary N) is 1. The minimum atomic E-state index is -3.93. The van der Waals surface area contributed by atoms with Crippen molar-refractivity contribution in [2.75, 3.05) is 4.72 Å². The monoisotopic (exact) mass is 342 g/mol. The number of benzene rings is 1. The lowest BCUT2D eigenvalue weighted by molar-refractivity contribution is 0.100. The highest BCUT2D eigenvalue weighted by Gasteiger charge is 2.21. The Hall–Kier alpha value is -2.06. The average Bonchev–Trinajstić information content (AvgIpc) is 2.88. The van der Waals surface area contributed by atoms with Gasteiger partial charge in [0.1, 0.15) is 0 Å². The quantitative estimate of drug-likeness (QED) is 0.835. The zero-order chi connectivity index (χ0) is 16.3. The molecule has 118 valence electrons. The molecule has 0 fully saturated rings. The van der Waals surface area contributed by atoms with Crippen LogP contribution in [0.25, 0.3) is 0 Å². The zero-order valence-electron chi connectivity index (χ0n) is 11.8. The fourth-order valence-corrected chi connectivity index (χ4v) is 3.21. The maximum atomic E-state index is 12.3. The normalized spacial score (nSPS) is 11.4. The highest BCUT2D eigenvalue weighted by Crippen LogP contribution is 2.25. The fourth-order valence-electron chi connectivity index (χ4n) is 1.92. The Kier molecular flexibility index (Phi) is 4.72. The number of carbonyl (C=O) groups excluding carboxylic acids is 1. The summed E-state index contributed by atoms with van der Waals surface area (Å²) in [5.41, 5.74) is 5.17. The molecule has 0 radical (unpaired) electrons. The number of sulfonamides is 1. The summed E-state index contributed by atoms with van der Waals surface area (Å²) in [4.78, 5) is 15.3. The van der Waals surface area contributed by atoms with Crippen molar-refractivity contribution in [3.8, 4) is 0 Å². The van der Waals surface area contributed by atoms with Gasteiger partial charge in [0.2, 0.25) is 0 Å². The van der Waals surface area contributed by atoms with Crippen LogP contribution in [0.4, 0.5) is 5.69 Å². The first-order valence-corrected chi connectivity index (χ1v) is 8.34. The first-order chi connectivity index (χ1) is 10.3. The Labute approximate surface area is 133 Å². The summed E-state index contributed by atoms with van der Waals surface area (Å²) in [5, 5.41) is -0.0689. The molecule has 2 aromatic rings. The minimum absolute atomic E-state index is 0.0186. The van der Waals surface area contributed by atoms with E-state index in [2.05, 4.69) is 9.71 Å². The number of carbonyl (C=O) groups is 1. The van der Waals surface area contributed by atoms with Crippen LogP contribution in [0.1, 0.15) is 23.7 Å². The molecule has 0 spiro atoms. The molecule has 0 aliphatic heterocycles. The van der Waals surface area contributed by atoms with Gasteiger partial charge >= 0.3 is 0 Å². The predicted molar refractivity (Wildman–Crippen MR) is 83.3 cm³/mol. The Morgan fingerprint density at radius 2 is 2.18 bits per heavy atom. The summed E-state index contributed by atoms with van der Waals surface area (Å²) in [6, 6.07) is 4.38. The number of rotatable bonds is 6. The van der Waals surface area contributed by atoms with Gasteiger partial charge in [-0.15, -0.1) is 0 Å². The average molecular weight is 343 g/mol. The number of aryl methyl sites for hydroxylation is 1. The van der Waals surface area contributed by atoms with Crippen molar-refractivity contribution in [3.05, 3.63) is 41.3 Å². The van der Waals surface area contributed by atoms with Gasteiger partial charge in [0.05, 0.1) is 22.6 Å². The Morgan fingerprint density at radius 1 is 1.45 bits per heavy atom. The van der Waals surface area contributed by atoms with Crippen LogP contribution < -0.4 is 10.5 Å². The predicted octanol–water partition coefficient (Wildman–Crippen LogP) is 1.85. The highest BCUT2D eigenvalue weighted by atomic mass is 35.5. The lowest BCUT2D eigenvalue weighted by atomic mass is 10.2.